The Kier molecular flexibility index (Phi) is 4.13. The molecule has 4 N–H and O–H groups in total. The number of hydrogen-bond acceptors (Lipinski definition) is 3. The Hall–Kier alpha value is -1.10. The van der Waals surface area contributed by atoms with Gasteiger partial charge in [0, 0.05) is 19.0 Å². The van der Waals surface area contributed by atoms with Crippen LogP contribution in [0.4, 0.5) is 0 Å². The summed E-state index contributed by atoms with van der Waals surface area (Å²) in [5.41, 5.74) is 11.2. The van der Waals surface area contributed by atoms with Crippen LogP contribution in [0.1, 0.15) is 45.4 Å². The Morgan fingerprint density at radius 2 is 2.00 bits per heavy atom. The van der Waals surface area contributed by atoms with E-state index in [1.807, 2.05) is 11.8 Å². The van der Waals surface area contributed by atoms with Gasteiger partial charge in [-0.15, -0.1) is 0 Å². The van der Waals surface area contributed by atoms with Crippen LogP contribution in [-0.2, 0) is 9.59 Å². The van der Waals surface area contributed by atoms with E-state index in [2.05, 4.69) is 0 Å². The standard InChI is InChI=1S/C14H25N3O2/c1-10-3-4-11(13(16)19)8-17(10)12(18)7-14(9-15)5-2-6-14/h10-11H,2-9,15H2,1H3,(H2,16,19). The number of nitrogens with zero attached hydrogens (tertiary/aromatic N) is 1. The Bertz CT molecular complexity index is 360. The average molecular weight is 267 g/mol. The van der Waals surface area contributed by atoms with Gasteiger partial charge in [0.15, 0.2) is 0 Å². The molecule has 1 saturated carbocycles. The number of likely N-dealkylation sites (tertiary alicyclic amines) is 1. The van der Waals surface area contributed by atoms with Gasteiger partial charge < -0.3 is 16.4 Å². The first kappa shape index (κ1) is 14.3. The number of amides is 2. The Balaban J connectivity index is 1.98. The largest absolute Gasteiger partial charge is 0.369 e. The van der Waals surface area contributed by atoms with Crippen molar-refractivity contribution in [2.24, 2.45) is 22.8 Å². The van der Waals surface area contributed by atoms with Crippen LogP contribution in [0.15, 0.2) is 0 Å². The minimum Gasteiger partial charge on any atom is -0.369 e. The average Bonchev–Trinajstić information content (AvgIpc) is 2.33. The number of nitrogens with two attached hydrogens (primary N) is 2. The maximum atomic E-state index is 12.5. The number of primary amides is 1. The number of rotatable bonds is 4. The summed E-state index contributed by atoms with van der Waals surface area (Å²) in [6, 6.07) is 0.206. The fourth-order valence-electron chi connectivity index (χ4n) is 3.24. The van der Waals surface area contributed by atoms with Gasteiger partial charge in [0.2, 0.25) is 11.8 Å². The molecule has 2 rings (SSSR count). The van der Waals surface area contributed by atoms with Gasteiger partial charge in [-0.3, -0.25) is 9.59 Å². The van der Waals surface area contributed by atoms with Crippen LogP contribution in [0.3, 0.4) is 0 Å². The number of hydrogen-bond donors (Lipinski definition) is 2. The van der Waals surface area contributed by atoms with Crippen molar-refractivity contribution >= 4 is 11.8 Å². The highest BCUT2D eigenvalue weighted by molar-refractivity contribution is 5.81. The van der Waals surface area contributed by atoms with E-state index in [9.17, 15) is 9.59 Å². The topological polar surface area (TPSA) is 89.4 Å². The Morgan fingerprint density at radius 1 is 1.32 bits per heavy atom. The molecule has 0 radical (unpaired) electrons. The molecule has 2 aliphatic rings. The molecule has 0 bridgehead atoms. The van der Waals surface area contributed by atoms with Gasteiger partial charge in [-0.1, -0.05) is 6.42 Å². The smallest absolute Gasteiger partial charge is 0.223 e. The minimum absolute atomic E-state index is 0.0243. The second kappa shape index (κ2) is 5.49. The summed E-state index contributed by atoms with van der Waals surface area (Å²) >= 11 is 0. The highest BCUT2D eigenvalue weighted by atomic mass is 16.2. The van der Waals surface area contributed by atoms with E-state index < -0.39 is 0 Å². The molecule has 2 amide bonds. The van der Waals surface area contributed by atoms with Gasteiger partial charge in [0.1, 0.15) is 0 Å². The predicted molar refractivity (Wildman–Crippen MR) is 73.0 cm³/mol. The van der Waals surface area contributed by atoms with Crippen LogP contribution in [0.5, 0.6) is 0 Å². The van der Waals surface area contributed by atoms with Gasteiger partial charge >= 0.3 is 0 Å². The molecule has 5 nitrogen and oxygen atoms in total. The summed E-state index contributed by atoms with van der Waals surface area (Å²) in [5, 5.41) is 0. The molecule has 0 spiro atoms. The van der Waals surface area contributed by atoms with Gasteiger partial charge in [0.25, 0.3) is 0 Å². The van der Waals surface area contributed by atoms with Crippen LogP contribution in [0, 0.1) is 11.3 Å². The molecule has 0 aromatic rings. The number of piperidine rings is 1. The first-order chi connectivity index (χ1) is 8.97. The molecular weight excluding hydrogens is 242 g/mol. The van der Waals surface area contributed by atoms with Crippen molar-refractivity contribution in [3.05, 3.63) is 0 Å². The van der Waals surface area contributed by atoms with Gasteiger partial charge in [-0.05, 0) is 44.6 Å². The first-order valence-corrected chi connectivity index (χ1v) is 7.26. The van der Waals surface area contributed by atoms with E-state index in [0.29, 0.717) is 19.5 Å². The zero-order chi connectivity index (χ0) is 14.0. The third-order valence-electron chi connectivity index (χ3n) is 4.98. The second-order valence-electron chi connectivity index (χ2n) is 6.31. The van der Waals surface area contributed by atoms with E-state index in [4.69, 9.17) is 11.5 Å². The maximum Gasteiger partial charge on any atom is 0.223 e. The van der Waals surface area contributed by atoms with Crippen molar-refractivity contribution in [1.82, 2.24) is 4.90 Å². The van der Waals surface area contributed by atoms with E-state index in [0.717, 1.165) is 25.7 Å². The lowest BCUT2D eigenvalue weighted by molar-refractivity contribution is -0.141. The normalized spacial score (nSPS) is 29.7. The van der Waals surface area contributed by atoms with Crippen LogP contribution in [-0.4, -0.2) is 35.8 Å². The second-order valence-corrected chi connectivity index (χ2v) is 6.31. The van der Waals surface area contributed by atoms with Crippen molar-refractivity contribution in [1.29, 1.82) is 0 Å². The van der Waals surface area contributed by atoms with Gasteiger partial charge in [-0.2, -0.15) is 0 Å². The SMILES string of the molecule is CC1CCC(C(N)=O)CN1C(=O)CC1(CN)CCC1. The molecule has 2 fully saturated rings. The van der Waals surface area contributed by atoms with E-state index in [-0.39, 0.29) is 29.2 Å². The summed E-state index contributed by atoms with van der Waals surface area (Å²) in [4.78, 5) is 25.6. The molecule has 0 aromatic carbocycles. The Labute approximate surface area is 114 Å². The van der Waals surface area contributed by atoms with Gasteiger partial charge in [-0.25, -0.2) is 0 Å². The first-order valence-electron chi connectivity index (χ1n) is 7.26. The van der Waals surface area contributed by atoms with Gasteiger partial charge in [0.05, 0.1) is 5.92 Å². The molecule has 2 atom stereocenters. The quantitative estimate of drug-likeness (QED) is 0.782. The molecule has 108 valence electrons. The van der Waals surface area contributed by atoms with Crippen molar-refractivity contribution in [3.8, 4) is 0 Å². The number of carbonyl (C=O) groups is 2. The molecular formula is C14H25N3O2. The lowest BCUT2D eigenvalue weighted by Gasteiger charge is -2.44. The third-order valence-corrected chi connectivity index (χ3v) is 4.98. The third kappa shape index (κ3) is 2.91. The molecule has 1 aliphatic heterocycles. The Morgan fingerprint density at radius 3 is 2.47 bits per heavy atom. The van der Waals surface area contributed by atoms with Crippen molar-refractivity contribution in [2.75, 3.05) is 13.1 Å². The lowest BCUT2D eigenvalue weighted by atomic mass is 9.66. The molecule has 1 saturated heterocycles. The highest BCUT2D eigenvalue weighted by Gasteiger charge is 2.40. The molecule has 1 aliphatic carbocycles. The van der Waals surface area contributed by atoms with Crippen LogP contribution < -0.4 is 11.5 Å². The fraction of sp³-hybridized carbons (Fsp3) is 0.857. The summed E-state index contributed by atoms with van der Waals surface area (Å²) in [5.74, 6) is -0.333. The number of carbonyl (C=O) groups excluding carboxylic acids is 2. The van der Waals surface area contributed by atoms with E-state index in [1.165, 1.54) is 6.42 Å². The molecule has 2 unspecified atom stereocenters. The monoisotopic (exact) mass is 267 g/mol. The van der Waals surface area contributed by atoms with Crippen molar-refractivity contribution in [2.45, 2.75) is 51.5 Å². The van der Waals surface area contributed by atoms with E-state index in [1.54, 1.807) is 0 Å². The summed E-state index contributed by atoms with van der Waals surface area (Å²) in [7, 11) is 0. The zero-order valence-electron chi connectivity index (χ0n) is 11.7. The summed E-state index contributed by atoms with van der Waals surface area (Å²) in [6.45, 7) is 3.11. The molecule has 1 heterocycles. The zero-order valence-corrected chi connectivity index (χ0v) is 11.7. The highest BCUT2D eigenvalue weighted by Crippen LogP contribution is 2.43. The van der Waals surface area contributed by atoms with Crippen LogP contribution >= 0.6 is 0 Å². The summed E-state index contributed by atoms with van der Waals surface area (Å²) in [6.07, 6.45) is 5.45. The summed E-state index contributed by atoms with van der Waals surface area (Å²) < 4.78 is 0. The molecule has 5 heteroatoms. The molecule has 19 heavy (non-hydrogen) atoms. The lowest BCUT2D eigenvalue weighted by Crippen LogP contribution is -2.51. The van der Waals surface area contributed by atoms with Crippen LogP contribution in [0.25, 0.3) is 0 Å². The van der Waals surface area contributed by atoms with E-state index >= 15 is 0 Å². The molecule has 0 aromatic heterocycles. The minimum atomic E-state index is -0.290. The predicted octanol–water partition coefficient (Wildman–Crippen LogP) is 0.618. The van der Waals surface area contributed by atoms with Crippen molar-refractivity contribution < 1.29 is 9.59 Å². The fourth-order valence-corrected chi connectivity index (χ4v) is 3.24. The van der Waals surface area contributed by atoms with Crippen molar-refractivity contribution in [3.63, 3.8) is 0 Å². The maximum absolute atomic E-state index is 12.5. The van der Waals surface area contributed by atoms with Crippen LogP contribution in [0.2, 0.25) is 0 Å².